The summed E-state index contributed by atoms with van der Waals surface area (Å²) < 4.78 is 14.8. The predicted molar refractivity (Wildman–Crippen MR) is 127 cm³/mol. The zero-order valence-corrected chi connectivity index (χ0v) is 20.7. The third-order valence-electron chi connectivity index (χ3n) is 4.46. The number of methoxy groups -OCH3 is 2. The molecule has 12 heteroatoms. The maximum absolute atomic E-state index is 12.7. The maximum Gasteiger partial charge on any atom is 0.337 e. The molecule has 35 heavy (non-hydrogen) atoms. The fourth-order valence-corrected chi connectivity index (χ4v) is 2.89. The lowest BCUT2D eigenvalue weighted by molar-refractivity contribution is -0.157. The van der Waals surface area contributed by atoms with Crippen molar-refractivity contribution in [3.63, 3.8) is 0 Å². The second-order valence-electron chi connectivity index (χ2n) is 8.52. The molecule has 0 aromatic heterocycles. The first-order chi connectivity index (χ1) is 16.4. The topological polar surface area (TPSA) is 175 Å². The Labute approximate surface area is 204 Å². The van der Waals surface area contributed by atoms with E-state index in [9.17, 15) is 24.0 Å². The smallest absolute Gasteiger partial charge is 0.337 e. The van der Waals surface area contributed by atoms with Gasteiger partial charge in [0.05, 0.1) is 31.9 Å². The molecule has 0 radical (unpaired) electrons. The molecule has 0 fully saturated rings. The highest BCUT2D eigenvalue weighted by Crippen LogP contribution is 2.18. The quantitative estimate of drug-likeness (QED) is 0.201. The minimum Gasteiger partial charge on any atom is -0.465 e. The fraction of sp³-hybridized carbons (Fsp3) is 0.522. The van der Waals surface area contributed by atoms with Crippen LogP contribution >= 0.6 is 0 Å². The van der Waals surface area contributed by atoms with Crippen LogP contribution in [-0.4, -0.2) is 68.8 Å². The van der Waals surface area contributed by atoms with Crippen LogP contribution in [-0.2, 0) is 23.8 Å². The normalized spacial score (nSPS) is 11.6. The van der Waals surface area contributed by atoms with E-state index in [0.717, 1.165) is 0 Å². The van der Waals surface area contributed by atoms with E-state index in [0.29, 0.717) is 19.4 Å². The monoisotopic (exact) mass is 494 g/mol. The molecule has 0 heterocycles. The Morgan fingerprint density at radius 1 is 0.943 bits per heavy atom. The van der Waals surface area contributed by atoms with Gasteiger partial charge in [-0.05, 0) is 58.2 Å². The lowest BCUT2D eigenvalue weighted by atomic mass is 10.1. The standard InChI is InChI=1S/C23H34N4O8/c1-23(2,3)35-21(31)17(8-6-7-9-25-18(28)13-24)27-22(32)26-16-11-14(19(29)33-4)10-15(12-16)20(30)34-5/h10-12,17H,6-9,13,24H2,1-5H3,(H,25,28)(H2,26,27,32)/t17-/m0/s1. The molecule has 0 aliphatic rings. The molecule has 1 aromatic carbocycles. The second kappa shape index (κ2) is 13.9. The molecule has 0 saturated heterocycles. The number of hydrogen-bond donors (Lipinski definition) is 4. The Bertz CT molecular complexity index is 892. The van der Waals surface area contributed by atoms with Crippen molar-refractivity contribution in [3.8, 4) is 0 Å². The Kier molecular flexibility index (Phi) is 11.7. The van der Waals surface area contributed by atoms with Gasteiger partial charge in [0, 0.05) is 12.2 Å². The maximum atomic E-state index is 12.7. The third kappa shape index (κ3) is 10.9. The fourth-order valence-electron chi connectivity index (χ4n) is 2.89. The largest absolute Gasteiger partial charge is 0.465 e. The number of carbonyl (C=O) groups excluding carboxylic acids is 5. The van der Waals surface area contributed by atoms with Crippen molar-refractivity contribution >= 4 is 35.5 Å². The van der Waals surface area contributed by atoms with E-state index in [1.54, 1.807) is 20.8 Å². The van der Waals surface area contributed by atoms with Gasteiger partial charge in [-0.3, -0.25) is 4.79 Å². The molecule has 194 valence electrons. The van der Waals surface area contributed by atoms with Crippen LogP contribution in [0.25, 0.3) is 0 Å². The number of carbonyl (C=O) groups is 5. The predicted octanol–water partition coefficient (Wildman–Crippen LogP) is 1.34. The van der Waals surface area contributed by atoms with E-state index in [-0.39, 0.29) is 35.7 Å². The van der Waals surface area contributed by atoms with Gasteiger partial charge in [-0.2, -0.15) is 0 Å². The third-order valence-corrected chi connectivity index (χ3v) is 4.46. The van der Waals surface area contributed by atoms with Crippen LogP contribution in [0.3, 0.4) is 0 Å². The van der Waals surface area contributed by atoms with Gasteiger partial charge in [-0.15, -0.1) is 0 Å². The van der Waals surface area contributed by atoms with Crippen LogP contribution in [0.15, 0.2) is 18.2 Å². The molecule has 0 aliphatic carbocycles. The molecule has 1 atom stereocenters. The van der Waals surface area contributed by atoms with Crippen molar-refractivity contribution in [1.29, 1.82) is 0 Å². The van der Waals surface area contributed by atoms with Crippen molar-refractivity contribution in [2.45, 2.75) is 51.7 Å². The number of hydrogen-bond acceptors (Lipinski definition) is 9. The first-order valence-electron chi connectivity index (χ1n) is 11.0. The summed E-state index contributed by atoms with van der Waals surface area (Å²) >= 11 is 0. The molecule has 1 aromatic rings. The van der Waals surface area contributed by atoms with Gasteiger partial charge in [0.25, 0.3) is 0 Å². The molecule has 0 spiro atoms. The van der Waals surface area contributed by atoms with Crippen LogP contribution in [0.2, 0.25) is 0 Å². The Morgan fingerprint density at radius 3 is 2.00 bits per heavy atom. The number of anilines is 1. The molecular formula is C23H34N4O8. The number of amides is 3. The van der Waals surface area contributed by atoms with Gasteiger partial charge in [0.1, 0.15) is 11.6 Å². The van der Waals surface area contributed by atoms with Gasteiger partial charge in [0.2, 0.25) is 5.91 Å². The van der Waals surface area contributed by atoms with Crippen molar-refractivity contribution in [2.24, 2.45) is 5.73 Å². The highest BCUT2D eigenvalue weighted by Gasteiger charge is 2.26. The van der Waals surface area contributed by atoms with Crippen molar-refractivity contribution in [3.05, 3.63) is 29.3 Å². The highest BCUT2D eigenvalue weighted by molar-refractivity contribution is 5.99. The van der Waals surface area contributed by atoms with E-state index in [4.69, 9.17) is 10.5 Å². The number of urea groups is 1. The summed E-state index contributed by atoms with van der Waals surface area (Å²) in [5, 5.41) is 7.70. The van der Waals surface area contributed by atoms with Crippen LogP contribution in [0.1, 0.15) is 60.7 Å². The number of nitrogens with one attached hydrogen (secondary N) is 3. The number of ether oxygens (including phenoxy) is 3. The van der Waals surface area contributed by atoms with Crippen LogP contribution in [0.5, 0.6) is 0 Å². The van der Waals surface area contributed by atoms with Gasteiger partial charge in [-0.1, -0.05) is 0 Å². The molecule has 0 bridgehead atoms. The zero-order chi connectivity index (χ0) is 26.6. The molecule has 0 unspecified atom stereocenters. The second-order valence-corrected chi connectivity index (χ2v) is 8.52. The Hall–Kier alpha value is -3.67. The summed E-state index contributed by atoms with van der Waals surface area (Å²) in [4.78, 5) is 60.5. The lowest BCUT2D eigenvalue weighted by Crippen LogP contribution is -2.46. The van der Waals surface area contributed by atoms with E-state index >= 15 is 0 Å². The Morgan fingerprint density at radius 2 is 1.51 bits per heavy atom. The average molecular weight is 495 g/mol. The molecule has 5 N–H and O–H groups in total. The molecule has 3 amide bonds. The van der Waals surface area contributed by atoms with Gasteiger partial charge < -0.3 is 35.9 Å². The number of rotatable bonds is 11. The average Bonchev–Trinajstić information content (AvgIpc) is 2.80. The van der Waals surface area contributed by atoms with Gasteiger partial charge in [-0.25, -0.2) is 19.2 Å². The zero-order valence-electron chi connectivity index (χ0n) is 20.7. The summed E-state index contributed by atoms with van der Waals surface area (Å²) in [6.45, 7) is 5.38. The minimum absolute atomic E-state index is 0.0221. The molecule has 12 nitrogen and oxygen atoms in total. The lowest BCUT2D eigenvalue weighted by Gasteiger charge is -2.24. The highest BCUT2D eigenvalue weighted by atomic mass is 16.6. The first kappa shape index (κ1) is 29.4. The summed E-state index contributed by atoms with van der Waals surface area (Å²) in [5.41, 5.74) is 4.62. The Balaban J connectivity index is 2.95. The van der Waals surface area contributed by atoms with Crippen LogP contribution in [0, 0.1) is 0 Å². The number of esters is 3. The summed E-state index contributed by atoms with van der Waals surface area (Å²) in [5.74, 6) is -2.34. The van der Waals surface area contributed by atoms with E-state index < -0.39 is 35.6 Å². The summed E-state index contributed by atoms with van der Waals surface area (Å²) in [6.07, 6.45) is 1.30. The van der Waals surface area contributed by atoms with Crippen LogP contribution < -0.4 is 21.7 Å². The number of unbranched alkanes of at least 4 members (excludes halogenated alkanes) is 1. The van der Waals surface area contributed by atoms with E-state index in [1.807, 2.05) is 0 Å². The SMILES string of the molecule is COC(=O)c1cc(NC(=O)N[C@@H](CCCCNC(=O)CN)C(=O)OC(C)(C)C)cc(C(=O)OC)c1. The van der Waals surface area contributed by atoms with Crippen molar-refractivity contribution < 1.29 is 38.2 Å². The van der Waals surface area contributed by atoms with Gasteiger partial charge >= 0.3 is 23.9 Å². The van der Waals surface area contributed by atoms with Crippen molar-refractivity contribution in [1.82, 2.24) is 10.6 Å². The number of nitrogens with two attached hydrogens (primary N) is 1. The van der Waals surface area contributed by atoms with E-state index in [2.05, 4.69) is 25.4 Å². The molecule has 0 saturated carbocycles. The molecular weight excluding hydrogens is 460 g/mol. The first-order valence-corrected chi connectivity index (χ1v) is 11.0. The minimum atomic E-state index is -0.983. The van der Waals surface area contributed by atoms with Crippen molar-refractivity contribution in [2.75, 3.05) is 32.6 Å². The molecule has 0 aliphatic heterocycles. The van der Waals surface area contributed by atoms with Crippen LogP contribution in [0.4, 0.5) is 10.5 Å². The molecule has 1 rings (SSSR count). The summed E-state index contributed by atoms with van der Waals surface area (Å²) in [7, 11) is 2.36. The number of benzene rings is 1. The van der Waals surface area contributed by atoms with Gasteiger partial charge in [0.15, 0.2) is 0 Å². The van der Waals surface area contributed by atoms with E-state index in [1.165, 1.54) is 32.4 Å². The summed E-state index contributed by atoms with van der Waals surface area (Å²) in [6, 6.07) is 2.17.